The SMILES string of the molecule is CCC(NCCCN1CCN(C(=O)OC(C)(C)C)CC1)C(=O)O. The van der Waals surface area contributed by atoms with Crippen LogP contribution in [0, 0.1) is 0 Å². The Morgan fingerprint density at radius 2 is 1.83 bits per heavy atom. The molecule has 23 heavy (non-hydrogen) atoms. The molecule has 0 aliphatic carbocycles. The predicted octanol–water partition coefficient (Wildman–Crippen LogP) is 1.38. The number of carboxylic acids is 1. The van der Waals surface area contributed by atoms with E-state index in [2.05, 4.69) is 10.2 Å². The summed E-state index contributed by atoms with van der Waals surface area (Å²) < 4.78 is 5.37. The summed E-state index contributed by atoms with van der Waals surface area (Å²) in [4.78, 5) is 26.9. The Hall–Kier alpha value is -1.34. The Morgan fingerprint density at radius 3 is 2.30 bits per heavy atom. The summed E-state index contributed by atoms with van der Waals surface area (Å²) in [6, 6.07) is -0.459. The van der Waals surface area contributed by atoms with Crippen molar-refractivity contribution in [1.82, 2.24) is 15.1 Å². The molecule has 1 saturated heterocycles. The summed E-state index contributed by atoms with van der Waals surface area (Å²) in [6.45, 7) is 12.1. The maximum Gasteiger partial charge on any atom is 0.410 e. The van der Waals surface area contributed by atoms with Gasteiger partial charge in [0.25, 0.3) is 0 Å². The predicted molar refractivity (Wildman–Crippen MR) is 88.6 cm³/mol. The van der Waals surface area contributed by atoms with Crippen molar-refractivity contribution in [3.8, 4) is 0 Å². The van der Waals surface area contributed by atoms with Crippen molar-refractivity contribution in [3.05, 3.63) is 0 Å². The molecule has 1 atom stereocenters. The Bertz CT molecular complexity index is 387. The molecule has 134 valence electrons. The number of carbonyl (C=O) groups excluding carboxylic acids is 1. The van der Waals surface area contributed by atoms with Crippen LogP contribution in [0.5, 0.6) is 0 Å². The van der Waals surface area contributed by atoms with E-state index in [-0.39, 0.29) is 6.09 Å². The van der Waals surface area contributed by atoms with Gasteiger partial charge in [0, 0.05) is 26.2 Å². The minimum Gasteiger partial charge on any atom is -0.480 e. The zero-order chi connectivity index (χ0) is 17.5. The molecule has 0 radical (unpaired) electrons. The van der Waals surface area contributed by atoms with Crippen molar-refractivity contribution in [2.24, 2.45) is 0 Å². The van der Waals surface area contributed by atoms with Crippen molar-refractivity contribution in [3.63, 3.8) is 0 Å². The Morgan fingerprint density at radius 1 is 1.22 bits per heavy atom. The molecule has 7 nitrogen and oxygen atoms in total. The standard InChI is InChI=1S/C16H31N3O4/c1-5-13(14(20)21)17-7-6-8-18-9-11-19(12-10-18)15(22)23-16(2,3)4/h13,17H,5-12H2,1-4H3,(H,20,21). The van der Waals surface area contributed by atoms with Crippen LogP contribution in [0.3, 0.4) is 0 Å². The summed E-state index contributed by atoms with van der Waals surface area (Å²) in [7, 11) is 0. The van der Waals surface area contributed by atoms with Gasteiger partial charge in [0.2, 0.25) is 0 Å². The van der Waals surface area contributed by atoms with Gasteiger partial charge >= 0.3 is 12.1 Å². The van der Waals surface area contributed by atoms with E-state index in [1.807, 2.05) is 27.7 Å². The Balaban J connectivity index is 2.19. The van der Waals surface area contributed by atoms with Crippen LogP contribution >= 0.6 is 0 Å². The maximum atomic E-state index is 12.0. The number of hydrogen-bond acceptors (Lipinski definition) is 5. The number of hydrogen-bond donors (Lipinski definition) is 2. The maximum absolute atomic E-state index is 12.0. The molecule has 1 aliphatic rings. The minimum absolute atomic E-state index is 0.244. The van der Waals surface area contributed by atoms with Gasteiger partial charge in [-0.15, -0.1) is 0 Å². The average Bonchev–Trinajstić information content (AvgIpc) is 2.45. The van der Waals surface area contributed by atoms with Crippen LogP contribution in [0.25, 0.3) is 0 Å². The molecule has 0 aromatic rings. The van der Waals surface area contributed by atoms with Crippen LogP contribution in [0.15, 0.2) is 0 Å². The fourth-order valence-electron chi connectivity index (χ4n) is 2.47. The molecule has 0 saturated carbocycles. The second-order valence-corrected chi connectivity index (χ2v) is 6.92. The second kappa shape index (κ2) is 9.08. The lowest BCUT2D eigenvalue weighted by atomic mass is 10.2. The molecule has 1 unspecified atom stereocenters. The molecule has 0 bridgehead atoms. The molecule has 0 spiro atoms. The molecular weight excluding hydrogens is 298 g/mol. The molecule has 1 heterocycles. The molecule has 0 aromatic heterocycles. The normalized spacial score (nSPS) is 17.8. The third-order valence-electron chi connectivity index (χ3n) is 3.77. The summed E-state index contributed by atoms with van der Waals surface area (Å²) >= 11 is 0. The van der Waals surface area contributed by atoms with E-state index in [4.69, 9.17) is 9.84 Å². The number of amides is 1. The highest BCUT2D eigenvalue weighted by Crippen LogP contribution is 2.11. The zero-order valence-electron chi connectivity index (χ0n) is 14.8. The first-order chi connectivity index (χ1) is 10.7. The highest BCUT2D eigenvalue weighted by Gasteiger charge is 2.25. The number of nitrogens with one attached hydrogen (secondary N) is 1. The van der Waals surface area contributed by atoms with Crippen LogP contribution in [-0.2, 0) is 9.53 Å². The Labute approximate surface area is 139 Å². The van der Waals surface area contributed by atoms with E-state index in [0.717, 1.165) is 26.1 Å². The van der Waals surface area contributed by atoms with Gasteiger partial charge in [-0.05, 0) is 46.7 Å². The van der Waals surface area contributed by atoms with Gasteiger partial charge in [0.15, 0.2) is 0 Å². The van der Waals surface area contributed by atoms with Gasteiger partial charge in [0.1, 0.15) is 11.6 Å². The van der Waals surface area contributed by atoms with Gasteiger partial charge in [-0.2, -0.15) is 0 Å². The van der Waals surface area contributed by atoms with Crippen molar-refractivity contribution in [2.75, 3.05) is 39.3 Å². The first kappa shape index (κ1) is 19.7. The summed E-state index contributed by atoms with van der Waals surface area (Å²) in [5.41, 5.74) is -0.458. The highest BCUT2D eigenvalue weighted by molar-refractivity contribution is 5.73. The topological polar surface area (TPSA) is 82.1 Å². The van der Waals surface area contributed by atoms with Gasteiger partial charge in [-0.1, -0.05) is 6.92 Å². The molecule has 7 heteroatoms. The van der Waals surface area contributed by atoms with Crippen molar-refractivity contribution in [2.45, 2.75) is 52.2 Å². The average molecular weight is 329 g/mol. The Kier molecular flexibility index (Phi) is 7.78. The third-order valence-corrected chi connectivity index (χ3v) is 3.77. The second-order valence-electron chi connectivity index (χ2n) is 6.92. The first-order valence-corrected chi connectivity index (χ1v) is 8.39. The van der Waals surface area contributed by atoms with Crippen molar-refractivity contribution in [1.29, 1.82) is 0 Å². The number of carbonyl (C=O) groups is 2. The largest absolute Gasteiger partial charge is 0.480 e. The number of ether oxygens (including phenoxy) is 1. The summed E-state index contributed by atoms with van der Waals surface area (Å²) in [6.07, 6.45) is 1.24. The van der Waals surface area contributed by atoms with E-state index in [1.54, 1.807) is 4.90 Å². The number of rotatable bonds is 7. The van der Waals surface area contributed by atoms with E-state index < -0.39 is 17.6 Å². The van der Waals surface area contributed by atoms with Crippen molar-refractivity contribution < 1.29 is 19.4 Å². The van der Waals surface area contributed by atoms with Gasteiger partial charge in [-0.25, -0.2) is 4.79 Å². The van der Waals surface area contributed by atoms with Gasteiger partial charge in [-0.3, -0.25) is 9.69 Å². The lowest BCUT2D eigenvalue weighted by Crippen LogP contribution is -2.50. The molecule has 1 rings (SSSR count). The van der Waals surface area contributed by atoms with Crippen LogP contribution in [-0.4, -0.2) is 77.9 Å². The number of nitrogens with zero attached hydrogens (tertiary/aromatic N) is 2. The van der Waals surface area contributed by atoms with E-state index in [1.165, 1.54) is 0 Å². The van der Waals surface area contributed by atoms with Crippen LogP contribution in [0.1, 0.15) is 40.5 Å². The third kappa shape index (κ3) is 7.65. The number of carboxylic acid groups (broad SMARTS) is 1. The van der Waals surface area contributed by atoms with E-state index >= 15 is 0 Å². The van der Waals surface area contributed by atoms with E-state index in [0.29, 0.717) is 26.1 Å². The fourth-order valence-corrected chi connectivity index (χ4v) is 2.47. The first-order valence-electron chi connectivity index (χ1n) is 8.39. The van der Waals surface area contributed by atoms with Crippen molar-refractivity contribution >= 4 is 12.1 Å². The monoisotopic (exact) mass is 329 g/mol. The number of piperazine rings is 1. The lowest BCUT2D eigenvalue weighted by molar-refractivity contribution is -0.139. The van der Waals surface area contributed by atoms with Gasteiger partial charge < -0.3 is 20.1 Å². The lowest BCUT2D eigenvalue weighted by Gasteiger charge is -2.35. The summed E-state index contributed by atoms with van der Waals surface area (Å²) in [5.74, 6) is -0.793. The van der Waals surface area contributed by atoms with Gasteiger partial charge in [0.05, 0.1) is 0 Å². The zero-order valence-corrected chi connectivity index (χ0v) is 14.8. The molecule has 2 N–H and O–H groups in total. The smallest absolute Gasteiger partial charge is 0.410 e. The summed E-state index contributed by atoms with van der Waals surface area (Å²) in [5, 5.41) is 12.0. The molecule has 1 amide bonds. The fraction of sp³-hybridized carbons (Fsp3) is 0.875. The highest BCUT2D eigenvalue weighted by atomic mass is 16.6. The molecule has 1 fully saturated rings. The van der Waals surface area contributed by atoms with Crippen LogP contribution in [0.4, 0.5) is 4.79 Å². The molecule has 0 aromatic carbocycles. The molecular formula is C16H31N3O4. The molecule has 1 aliphatic heterocycles. The number of aliphatic carboxylic acids is 1. The quantitative estimate of drug-likeness (QED) is 0.687. The minimum atomic E-state index is -0.793. The van der Waals surface area contributed by atoms with Crippen LogP contribution in [0.2, 0.25) is 0 Å². The van der Waals surface area contributed by atoms with E-state index in [9.17, 15) is 9.59 Å². The van der Waals surface area contributed by atoms with Crippen LogP contribution < -0.4 is 5.32 Å².